The summed E-state index contributed by atoms with van der Waals surface area (Å²) in [5, 5.41) is 9.65. The van der Waals surface area contributed by atoms with Gasteiger partial charge in [-0.2, -0.15) is 0 Å². The van der Waals surface area contributed by atoms with E-state index in [-0.39, 0.29) is 0 Å². The van der Waals surface area contributed by atoms with Crippen LogP contribution in [0.2, 0.25) is 0 Å². The highest BCUT2D eigenvalue weighted by Crippen LogP contribution is 2.54. The van der Waals surface area contributed by atoms with Crippen molar-refractivity contribution >= 4 is 80.9 Å². The van der Waals surface area contributed by atoms with Gasteiger partial charge < -0.3 is 4.90 Å². The first-order chi connectivity index (χ1) is 27.7. The molecule has 3 heterocycles. The Balaban J connectivity index is 1.12. The van der Waals surface area contributed by atoms with Gasteiger partial charge in [0.25, 0.3) is 0 Å². The van der Waals surface area contributed by atoms with Gasteiger partial charge in [-0.25, -0.2) is 15.0 Å². The Hall–Kier alpha value is -7.21. The molecule has 0 saturated carbocycles. The number of benzene rings is 9. The molecule has 1 aliphatic heterocycles. The predicted octanol–water partition coefficient (Wildman–Crippen LogP) is 14.2. The van der Waals surface area contributed by atoms with E-state index < -0.39 is 0 Å². The molecule has 0 bridgehead atoms. The maximum atomic E-state index is 5.29. The van der Waals surface area contributed by atoms with Crippen LogP contribution in [0.3, 0.4) is 0 Å². The zero-order valence-electron chi connectivity index (χ0n) is 30.0. The van der Waals surface area contributed by atoms with Gasteiger partial charge in [-0.05, 0) is 75.6 Å². The number of hydrogen-bond donors (Lipinski definition) is 0. The van der Waals surface area contributed by atoms with Gasteiger partial charge in [-0.15, -0.1) is 11.3 Å². The molecule has 0 atom stereocenters. The second-order valence-corrected chi connectivity index (χ2v) is 15.5. The molecular weight excluding hydrogens is 701 g/mol. The molecule has 56 heavy (non-hydrogen) atoms. The maximum absolute atomic E-state index is 5.29. The minimum Gasteiger partial charge on any atom is -0.309 e. The molecule has 0 N–H and O–H groups in total. The highest BCUT2D eigenvalue weighted by atomic mass is 32.1. The molecule has 0 spiro atoms. The van der Waals surface area contributed by atoms with Crippen LogP contribution >= 0.6 is 11.3 Å². The van der Waals surface area contributed by atoms with Gasteiger partial charge in [0.2, 0.25) is 0 Å². The number of nitrogens with zero attached hydrogens (tertiary/aromatic N) is 4. The number of fused-ring (bicyclic) bond motifs is 8. The third-order valence-electron chi connectivity index (χ3n) is 11.2. The molecule has 5 heteroatoms. The summed E-state index contributed by atoms with van der Waals surface area (Å²) in [4.78, 5) is 18.1. The number of hydrogen-bond acceptors (Lipinski definition) is 5. The largest absolute Gasteiger partial charge is 0.309 e. The van der Waals surface area contributed by atoms with E-state index in [0.717, 1.165) is 44.5 Å². The Bertz CT molecular complexity index is 3380. The molecule has 0 fully saturated rings. The molecule has 260 valence electrons. The minimum absolute atomic E-state index is 0.630. The van der Waals surface area contributed by atoms with E-state index in [1.165, 1.54) is 52.8 Å². The van der Waals surface area contributed by atoms with Crippen molar-refractivity contribution in [1.29, 1.82) is 0 Å². The number of aromatic nitrogens is 3. The van der Waals surface area contributed by atoms with Crippen LogP contribution in [-0.2, 0) is 0 Å². The van der Waals surface area contributed by atoms with Crippen molar-refractivity contribution in [3.63, 3.8) is 0 Å². The fraction of sp³-hybridized carbons (Fsp3) is 0. The number of anilines is 3. The molecular formula is C51H30N4S. The Morgan fingerprint density at radius 3 is 1.88 bits per heavy atom. The van der Waals surface area contributed by atoms with Crippen LogP contribution in [0.25, 0.3) is 97.8 Å². The van der Waals surface area contributed by atoms with Crippen LogP contribution in [0, 0.1) is 0 Å². The first kappa shape index (κ1) is 31.2. The molecule has 0 saturated heterocycles. The Kier molecular flexibility index (Phi) is 6.76. The van der Waals surface area contributed by atoms with Crippen molar-refractivity contribution in [2.24, 2.45) is 0 Å². The van der Waals surface area contributed by atoms with Crippen LogP contribution < -0.4 is 4.90 Å². The van der Waals surface area contributed by atoms with Crippen LogP contribution in [0.15, 0.2) is 182 Å². The summed E-state index contributed by atoms with van der Waals surface area (Å²) in [6, 6.07) is 65.1. The molecule has 0 radical (unpaired) electrons. The molecule has 4 nitrogen and oxygen atoms in total. The van der Waals surface area contributed by atoms with Gasteiger partial charge in [0.05, 0.1) is 17.1 Å². The normalized spacial score (nSPS) is 12.2. The van der Waals surface area contributed by atoms with Gasteiger partial charge in [0, 0.05) is 53.2 Å². The molecule has 2 aromatic heterocycles. The average molecular weight is 731 g/mol. The van der Waals surface area contributed by atoms with E-state index in [1.807, 2.05) is 29.5 Å². The zero-order valence-corrected chi connectivity index (χ0v) is 30.8. The molecule has 0 aliphatic carbocycles. The van der Waals surface area contributed by atoms with Gasteiger partial charge in [-0.1, -0.05) is 133 Å². The molecule has 11 aromatic rings. The zero-order chi connectivity index (χ0) is 36.7. The summed E-state index contributed by atoms with van der Waals surface area (Å²) < 4.78 is 2.52. The van der Waals surface area contributed by atoms with Gasteiger partial charge in [-0.3, -0.25) is 0 Å². The summed E-state index contributed by atoms with van der Waals surface area (Å²) in [7, 11) is 0. The molecule has 1 aliphatic rings. The second kappa shape index (κ2) is 12.2. The van der Waals surface area contributed by atoms with Crippen LogP contribution in [-0.4, -0.2) is 15.0 Å². The van der Waals surface area contributed by atoms with E-state index in [1.54, 1.807) is 0 Å². The Morgan fingerprint density at radius 2 is 1.02 bits per heavy atom. The molecule has 9 aromatic carbocycles. The second-order valence-electron chi connectivity index (χ2n) is 14.4. The van der Waals surface area contributed by atoms with E-state index in [4.69, 9.17) is 15.0 Å². The van der Waals surface area contributed by atoms with Gasteiger partial charge in [0.15, 0.2) is 17.5 Å². The first-order valence-electron chi connectivity index (χ1n) is 18.9. The van der Waals surface area contributed by atoms with Crippen LogP contribution in [0.5, 0.6) is 0 Å². The standard InChI is InChI=1S/C51H30N4S/c1-2-13-33(14-3-1)49-52-50(35-25-27-46-41(29-35)39-20-8-9-23-45(39)56-46)54-51(53-49)36-28-34-15-5-6-18-37(34)44(30-36)55-42-22-11-17-32-16-10-21-40(47(32)42)48-38-19-7-4-12-31(38)24-26-43(48)55/h1-30H. The van der Waals surface area contributed by atoms with Crippen LogP contribution in [0.4, 0.5) is 17.1 Å². The number of thiophene rings is 1. The third kappa shape index (κ3) is 4.75. The Morgan fingerprint density at radius 1 is 0.357 bits per heavy atom. The molecule has 0 amide bonds. The van der Waals surface area contributed by atoms with Crippen molar-refractivity contribution in [3.05, 3.63) is 182 Å². The summed E-state index contributed by atoms with van der Waals surface area (Å²) in [6.45, 7) is 0. The van der Waals surface area contributed by atoms with E-state index >= 15 is 0 Å². The van der Waals surface area contributed by atoms with Crippen molar-refractivity contribution in [2.75, 3.05) is 4.90 Å². The predicted molar refractivity (Wildman–Crippen MR) is 235 cm³/mol. The topological polar surface area (TPSA) is 41.9 Å². The van der Waals surface area contributed by atoms with E-state index in [9.17, 15) is 0 Å². The highest BCUT2D eigenvalue weighted by Gasteiger charge is 2.29. The highest BCUT2D eigenvalue weighted by molar-refractivity contribution is 7.25. The lowest BCUT2D eigenvalue weighted by Crippen LogP contribution is -2.16. The van der Waals surface area contributed by atoms with Crippen molar-refractivity contribution in [2.45, 2.75) is 0 Å². The third-order valence-corrected chi connectivity index (χ3v) is 12.3. The fourth-order valence-electron chi connectivity index (χ4n) is 8.65. The lowest BCUT2D eigenvalue weighted by molar-refractivity contribution is 1.07. The minimum atomic E-state index is 0.630. The summed E-state index contributed by atoms with van der Waals surface area (Å²) >= 11 is 1.81. The SMILES string of the molecule is c1ccc(-c2nc(-c3cc(N4c5ccc6ccccc6c5-c5cccc6cccc4c56)c4ccccc4c3)nc(-c3ccc4sc5ccccc5c4c3)n2)cc1. The average Bonchev–Trinajstić information content (AvgIpc) is 3.64. The van der Waals surface area contributed by atoms with Crippen molar-refractivity contribution in [1.82, 2.24) is 15.0 Å². The van der Waals surface area contributed by atoms with Crippen molar-refractivity contribution < 1.29 is 0 Å². The summed E-state index contributed by atoms with van der Waals surface area (Å²) in [5.74, 6) is 1.92. The summed E-state index contributed by atoms with van der Waals surface area (Å²) in [6.07, 6.45) is 0. The smallest absolute Gasteiger partial charge is 0.164 e. The lowest BCUT2D eigenvalue weighted by atomic mass is 9.87. The Labute approximate surface area is 326 Å². The van der Waals surface area contributed by atoms with Gasteiger partial charge >= 0.3 is 0 Å². The molecule has 12 rings (SSSR count). The van der Waals surface area contributed by atoms with Gasteiger partial charge in [0.1, 0.15) is 0 Å². The quantitative estimate of drug-likeness (QED) is 0.181. The van der Waals surface area contributed by atoms with Crippen LogP contribution in [0.1, 0.15) is 0 Å². The van der Waals surface area contributed by atoms with E-state index in [2.05, 4.69) is 169 Å². The van der Waals surface area contributed by atoms with E-state index in [0.29, 0.717) is 17.5 Å². The summed E-state index contributed by atoms with van der Waals surface area (Å²) in [5.41, 5.74) is 8.71. The maximum Gasteiger partial charge on any atom is 0.164 e. The first-order valence-corrected chi connectivity index (χ1v) is 19.7. The fourth-order valence-corrected chi connectivity index (χ4v) is 9.74. The van der Waals surface area contributed by atoms with Crippen molar-refractivity contribution in [3.8, 4) is 45.3 Å². The number of rotatable bonds is 4. The monoisotopic (exact) mass is 730 g/mol. The lowest BCUT2D eigenvalue weighted by Gasteiger charge is -2.35. The molecule has 0 unspecified atom stereocenters.